The summed E-state index contributed by atoms with van der Waals surface area (Å²) >= 11 is 0. The summed E-state index contributed by atoms with van der Waals surface area (Å²) in [6.07, 6.45) is 1.02. The topological polar surface area (TPSA) is 52.7 Å². The van der Waals surface area contributed by atoms with Crippen LogP contribution < -0.4 is 10.2 Å². The highest BCUT2D eigenvalue weighted by molar-refractivity contribution is 6.17. The van der Waals surface area contributed by atoms with E-state index in [0.717, 1.165) is 6.54 Å². The number of nitrogens with zero attached hydrogens (tertiary/aromatic N) is 2. The van der Waals surface area contributed by atoms with Crippen molar-refractivity contribution in [1.29, 1.82) is 0 Å². The van der Waals surface area contributed by atoms with Crippen LogP contribution in [0.2, 0.25) is 0 Å². The molecule has 0 saturated carbocycles. The number of benzene rings is 2. The second-order valence-electron chi connectivity index (χ2n) is 7.37. The first kappa shape index (κ1) is 17.7. The van der Waals surface area contributed by atoms with Crippen molar-refractivity contribution in [2.45, 2.75) is 37.9 Å². The van der Waals surface area contributed by atoms with E-state index >= 15 is 0 Å². The van der Waals surface area contributed by atoms with Crippen molar-refractivity contribution >= 4 is 17.6 Å². The molecular formula is C21H22FN3O2. The van der Waals surface area contributed by atoms with Crippen molar-refractivity contribution < 1.29 is 14.0 Å². The zero-order valence-corrected chi connectivity index (χ0v) is 15.2. The maximum Gasteiger partial charge on any atom is 0.329 e. The highest BCUT2D eigenvalue weighted by atomic mass is 19.1. The van der Waals surface area contributed by atoms with Crippen LogP contribution in [0.25, 0.3) is 0 Å². The third-order valence-corrected chi connectivity index (χ3v) is 5.64. The largest absolute Gasteiger partial charge is 0.329 e. The van der Waals surface area contributed by atoms with E-state index < -0.39 is 17.4 Å². The number of hydrogen-bond donors (Lipinski definition) is 1. The minimum atomic E-state index is -0.961. The number of urea groups is 1. The number of likely N-dealkylation sites (tertiary alicyclic amines) is 1. The zero-order chi connectivity index (χ0) is 19.0. The van der Waals surface area contributed by atoms with Gasteiger partial charge in [-0.05, 0) is 43.5 Å². The van der Waals surface area contributed by atoms with Crippen LogP contribution in [0.1, 0.15) is 25.3 Å². The van der Waals surface area contributed by atoms with Gasteiger partial charge in [-0.1, -0.05) is 36.4 Å². The van der Waals surface area contributed by atoms with Gasteiger partial charge in [-0.15, -0.1) is 0 Å². The molecular weight excluding hydrogens is 345 g/mol. The highest BCUT2D eigenvalue weighted by Gasteiger charge is 2.56. The van der Waals surface area contributed by atoms with E-state index in [2.05, 4.69) is 29.3 Å². The third kappa shape index (κ3) is 3.10. The molecule has 2 aromatic carbocycles. The molecule has 2 saturated heterocycles. The normalized spacial score (nSPS) is 25.9. The monoisotopic (exact) mass is 367 g/mol. The van der Waals surface area contributed by atoms with Gasteiger partial charge in [-0.2, -0.15) is 0 Å². The van der Waals surface area contributed by atoms with E-state index in [1.807, 2.05) is 18.2 Å². The molecule has 2 fully saturated rings. The molecule has 2 heterocycles. The van der Waals surface area contributed by atoms with Crippen LogP contribution in [0, 0.1) is 5.82 Å². The van der Waals surface area contributed by atoms with E-state index in [9.17, 15) is 14.0 Å². The van der Waals surface area contributed by atoms with Gasteiger partial charge in [0.1, 0.15) is 11.4 Å². The summed E-state index contributed by atoms with van der Waals surface area (Å²) in [7, 11) is 0. The predicted molar refractivity (Wildman–Crippen MR) is 101 cm³/mol. The molecule has 2 aliphatic rings. The van der Waals surface area contributed by atoms with Crippen LogP contribution in [0.4, 0.5) is 14.9 Å². The second kappa shape index (κ2) is 6.78. The lowest BCUT2D eigenvalue weighted by Gasteiger charge is -2.45. The van der Waals surface area contributed by atoms with Crippen LogP contribution in [0.5, 0.6) is 0 Å². The fraction of sp³-hybridized carbons (Fsp3) is 0.333. The summed E-state index contributed by atoms with van der Waals surface area (Å²) in [4.78, 5) is 29.0. The lowest BCUT2D eigenvalue weighted by molar-refractivity contribution is -0.125. The van der Waals surface area contributed by atoms with Crippen molar-refractivity contribution in [2.75, 3.05) is 11.4 Å². The molecule has 5 nitrogen and oxygen atoms in total. The number of hydrogen-bond acceptors (Lipinski definition) is 3. The third-order valence-electron chi connectivity index (χ3n) is 5.64. The van der Waals surface area contributed by atoms with Crippen LogP contribution in [0.3, 0.4) is 0 Å². The Kier molecular flexibility index (Phi) is 4.44. The van der Waals surface area contributed by atoms with Crippen LogP contribution in [0.15, 0.2) is 54.6 Å². The minimum Gasteiger partial charge on any atom is -0.296 e. The molecule has 140 valence electrons. The number of rotatable bonds is 3. The Bertz CT molecular complexity index is 873. The van der Waals surface area contributed by atoms with Crippen LogP contribution in [-0.4, -0.2) is 35.0 Å². The van der Waals surface area contributed by atoms with E-state index in [-0.39, 0.29) is 11.9 Å². The van der Waals surface area contributed by atoms with Gasteiger partial charge in [0.15, 0.2) is 0 Å². The number of carbonyl (C=O) groups is 2. The SMILES string of the molecule is CC1CC2(CCN1Cc1ccccc1)C(=O)NC(=O)N2c1cccc(F)c1. The summed E-state index contributed by atoms with van der Waals surface area (Å²) in [5, 5.41) is 2.44. The molecule has 0 aliphatic carbocycles. The van der Waals surface area contributed by atoms with E-state index in [0.29, 0.717) is 25.1 Å². The lowest BCUT2D eigenvalue weighted by Crippen LogP contribution is -2.59. The smallest absolute Gasteiger partial charge is 0.296 e. The van der Waals surface area contributed by atoms with Gasteiger partial charge >= 0.3 is 6.03 Å². The van der Waals surface area contributed by atoms with Gasteiger partial charge < -0.3 is 0 Å². The molecule has 0 aromatic heterocycles. The first-order valence-corrected chi connectivity index (χ1v) is 9.19. The first-order valence-electron chi connectivity index (χ1n) is 9.19. The Morgan fingerprint density at radius 2 is 1.93 bits per heavy atom. The Hall–Kier alpha value is -2.73. The summed E-state index contributed by atoms with van der Waals surface area (Å²) in [5.74, 6) is -0.715. The molecule has 4 rings (SSSR count). The van der Waals surface area contributed by atoms with Gasteiger partial charge in [0.25, 0.3) is 5.91 Å². The Balaban J connectivity index is 1.60. The quantitative estimate of drug-likeness (QED) is 0.847. The van der Waals surface area contributed by atoms with E-state index in [4.69, 9.17) is 0 Å². The van der Waals surface area contributed by atoms with E-state index in [1.54, 1.807) is 12.1 Å². The van der Waals surface area contributed by atoms with Crippen molar-refractivity contribution in [2.24, 2.45) is 0 Å². The van der Waals surface area contributed by atoms with Crippen molar-refractivity contribution in [3.05, 3.63) is 66.0 Å². The summed E-state index contributed by atoms with van der Waals surface area (Å²) in [5.41, 5.74) is 0.675. The van der Waals surface area contributed by atoms with Crippen molar-refractivity contribution in [1.82, 2.24) is 10.2 Å². The number of carbonyl (C=O) groups excluding carboxylic acids is 2. The molecule has 1 spiro atoms. The molecule has 6 heteroatoms. The standard InChI is InChI=1S/C21H22FN3O2/c1-15-13-21(10-11-24(15)14-16-6-3-2-4-7-16)19(26)23-20(27)25(21)18-9-5-8-17(22)12-18/h2-9,12,15H,10-11,13-14H2,1H3,(H,23,26,27). The average molecular weight is 367 g/mol. The Morgan fingerprint density at radius 3 is 2.63 bits per heavy atom. The van der Waals surface area contributed by atoms with Gasteiger partial charge in [0.05, 0.1) is 0 Å². The Morgan fingerprint density at radius 1 is 1.15 bits per heavy atom. The fourth-order valence-corrected chi connectivity index (χ4v) is 4.28. The van der Waals surface area contributed by atoms with Crippen LogP contribution in [-0.2, 0) is 11.3 Å². The molecule has 27 heavy (non-hydrogen) atoms. The predicted octanol–water partition coefficient (Wildman–Crippen LogP) is 3.31. The van der Waals surface area contributed by atoms with Gasteiger partial charge in [0, 0.05) is 24.8 Å². The summed E-state index contributed by atoms with van der Waals surface area (Å²) in [6.45, 7) is 3.56. The van der Waals surface area contributed by atoms with Crippen molar-refractivity contribution in [3.63, 3.8) is 0 Å². The first-order chi connectivity index (χ1) is 13.0. The Labute approximate surface area is 157 Å². The molecule has 2 aliphatic heterocycles. The summed E-state index contributed by atoms with van der Waals surface area (Å²) in [6, 6.07) is 15.7. The van der Waals surface area contributed by atoms with E-state index in [1.165, 1.54) is 22.6 Å². The second-order valence-corrected chi connectivity index (χ2v) is 7.37. The minimum absolute atomic E-state index is 0.103. The van der Waals surface area contributed by atoms with Gasteiger partial charge in [-0.3, -0.25) is 19.9 Å². The van der Waals surface area contributed by atoms with Crippen molar-refractivity contribution in [3.8, 4) is 0 Å². The van der Waals surface area contributed by atoms with Gasteiger partial charge in [-0.25, -0.2) is 9.18 Å². The molecule has 2 atom stereocenters. The maximum absolute atomic E-state index is 13.7. The number of piperidine rings is 1. The average Bonchev–Trinajstić information content (AvgIpc) is 2.88. The number of anilines is 1. The number of imide groups is 1. The molecule has 0 bridgehead atoms. The molecule has 3 amide bonds. The molecule has 0 radical (unpaired) electrons. The van der Waals surface area contributed by atoms with Crippen LogP contribution >= 0.6 is 0 Å². The highest BCUT2D eigenvalue weighted by Crippen LogP contribution is 2.39. The zero-order valence-electron chi connectivity index (χ0n) is 15.2. The maximum atomic E-state index is 13.7. The lowest BCUT2D eigenvalue weighted by atomic mass is 9.81. The molecule has 1 N–H and O–H groups in total. The summed E-state index contributed by atoms with van der Waals surface area (Å²) < 4.78 is 13.7. The number of nitrogens with one attached hydrogen (secondary N) is 1. The molecule has 2 unspecified atom stereocenters. The van der Waals surface area contributed by atoms with Gasteiger partial charge in [0.2, 0.25) is 0 Å². The number of halogens is 1. The number of amides is 3. The fourth-order valence-electron chi connectivity index (χ4n) is 4.28. The molecule has 2 aromatic rings.